The van der Waals surface area contributed by atoms with Gasteiger partial charge in [-0.2, -0.15) is 0 Å². The Hall–Kier alpha value is -1.94. The molecule has 1 saturated carbocycles. The Morgan fingerprint density at radius 3 is 2.30 bits per heavy atom. The Kier molecular flexibility index (Phi) is 9.39. The lowest BCUT2D eigenvalue weighted by atomic mass is 9.88. The van der Waals surface area contributed by atoms with Crippen LogP contribution in [-0.4, -0.2) is 55.7 Å². The van der Waals surface area contributed by atoms with Crippen LogP contribution < -0.4 is 10.0 Å². The van der Waals surface area contributed by atoms with Gasteiger partial charge >= 0.3 is 0 Å². The maximum absolute atomic E-state index is 13.5. The van der Waals surface area contributed by atoms with E-state index in [0.717, 1.165) is 36.2 Å². The fourth-order valence-corrected chi connectivity index (χ4v) is 8.13. The Morgan fingerprint density at radius 2 is 1.70 bits per heavy atom. The average Bonchev–Trinajstić information content (AvgIpc) is 3.19. The summed E-state index contributed by atoms with van der Waals surface area (Å²) in [6, 6.07) is 5.32. The minimum Gasteiger partial charge on any atom is -0.386 e. The van der Waals surface area contributed by atoms with Gasteiger partial charge in [-0.15, -0.1) is 0 Å². The van der Waals surface area contributed by atoms with E-state index in [1.807, 2.05) is 19.1 Å². The Bertz CT molecular complexity index is 1200. The van der Waals surface area contributed by atoms with Crippen LogP contribution in [0.2, 0.25) is 0 Å². The van der Waals surface area contributed by atoms with Gasteiger partial charge in [0.05, 0.1) is 16.5 Å². The second-order valence-corrected chi connectivity index (χ2v) is 15.1. The van der Waals surface area contributed by atoms with Gasteiger partial charge in [0.25, 0.3) is 0 Å². The number of ether oxygens (including phenoxy) is 1. The van der Waals surface area contributed by atoms with E-state index in [2.05, 4.69) is 14.9 Å². The van der Waals surface area contributed by atoms with Gasteiger partial charge in [-0.05, 0) is 90.8 Å². The number of amides is 1. The second kappa shape index (κ2) is 12.1. The minimum atomic E-state index is -3.87. The van der Waals surface area contributed by atoms with Crippen molar-refractivity contribution >= 4 is 15.9 Å². The van der Waals surface area contributed by atoms with E-state index < -0.39 is 21.2 Å². The SMILES string of the molecule is CC1=C(C(=O)NC2CCOCC2)CC(c2ccc(S(=O)(=O)NC(C)(C)C)c(C(C)(C)O)c2)N1CC1CCCCC1. The maximum atomic E-state index is 13.5. The summed E-state index contributed by atoms with van der Waals surface area (Å²) in [4.78, 5) is 16.0. The van der Waals surface area contributed by atoms with Crippen LogP contribution in [0, 0.1) is 5.92 Å². The summed E-state index contributed by atoms with van der Waals surface area (Å²) in [5.74, 6) is 0.547. The smallest absolute Gasteiger partial charge is 0.249 e. The molecule has 1 aromatic rings. The van der Waals surface area contributed by atoms with Crippen molar-refractivity contribution in [2.45, 2.75) is 121 Å². The number of nitrogens with zero attached hydrogens (tertiary/aromatic N) is 1. The van der Waals surface area contributed by atoms with Gasteiger partial charge in [0.1, 0.15) is 0 Å². The number of benzene rings is 1. The molecule has 2 aliphatic heterocycles. The van der Waals surface area contributed by atoms with Crippen molar-refractivity contribution in [3.8, 4) is 0 Å². The molecule has 0 aromatic heterocycles. The van der Waals surface area contributed by atoms with E-state index in [-0.39, 0.29) is 22.9 Å². The summed E-state index contributed by atoms with van der Waals surface area (Å²) in [5, 5.41) is 14.4. The van der Waals surface area contributed by atoms with Crippen molar-refractivity contribution in [3.05, 3.63) is 40.6 Å². The maximum Gasteiger partial charge on any atom is 0.249 e. The molecule has 9 heteroatoms. The predicted molar refractivity (Wildman–Crippen MR) is 157 cm³/mol. The summed E-state index contributed by atoms with van der Waals surface area (Å²) in [7, 11) is -3.87. The fourth-order valence-electron chi connectivity index (χ4n) is 6.37. The van der Waals surface area contributed by atoms with Gasteiger partial charge in [-0.25, -0.2) is 13.1 Å². The predicted octanol–water partition coefficient (Wildman–Crippen LogP) is 4.89. The average molecular weight is 576 g/mol. The van der Waals surface area contributed by atoms with Gasteiger partial charge in [0.2, 0.25) is 15.9 Å². The quantitative estimate of drug-likeness (QED) is 0.408. The van der Waals surface area contributed by atoms with Crippen LogP contribution in [0.1, 0.15) is 110 Å². The molecule has 0 radical (unpaired) electrons. The lowest BCUT2D eigenvalue weighted by Crippen LogP contribution is -2.41. The number of hydrogen-bond donors (Lipinski definition) is 3. The number of hydrogen-bond acceptors (Lipinski definition) is 6. The first-order valence-electron chi connectivity index (χ1n) is 14.9. The Morgan fingerprint density at radius 1 is 1.05 bits per heavy atom. The third-order valence-electron chi connectivity index (χ3n) is 8.43. The molecule has 1 aromatic carbocycles. The summed E-state index contributed by atoms with van der Waals surface area (Å²) < 4.78 is 34.9. The topological polar surface area (TPSA) is 108 Å². The van der Waals surface area contributed by atoms with Crippen LogP contribution in [0.4, 0.5) is 0 Å². The monoisotopic (exact) mass is 575 g/mol. The third-order valence-corrected chi connectivity index (χ3v) is 10.2. The van der Waals surface area contributed by atoms with Gasteiger partial charge in [0.15, 0.2) is 0 Å². The van der Waals surface area contributed by atoms with Crippen molar-refractivity contribution in [2.75, 3.05) is 19.8 Å². The first-order valence-corrected chi connectivity index (χ1v) is 16.4. The number of rotatable bonds is 8. The van der Waals surface area contributed by atoms with E-state index in [0.29, 0.717) is 31.1 Å². The lowest BCUT2D eigenvalue weighted by Gasteiger charge is -2.35. The number of carbonyl (C=O) groups excluding carboxylic acids is 1. The van der Waals surface area contributed by atoms with E-state index in [1.165, 1.54) is 32.1 Å². The van der Waals surface area contributed by atoms with Crippen molar-refractivity contribution in [3.63, 3.8) is 0 Å². The first kappa shape index (κ1) is 31.0. The lowest BCUT2D eigenvalue weighted by molar-refractivity contribution is -0.118. The van der Waals surface area contributed by atoms with Gasteiger partial charge in [-0.3, -0.25) is 4.79 Å². The van der Waals surface area contributed by atoms with Crippen LogP contribution in [-0.2, 0) is 25.2 Å². The molecule has 3 aliphatic rings. The number of sulfonamides is 1. The number of aliphatic hydroxyl groups is 1. The van der Waals surface area contributed by atoms with Gasteiger partial charge in [-0.1, -0.05) is 25.3 Å². The largest absolute Gasteiger partial charge is 0.386 e. The van der Waals surface area contributed by atoms with Gasteiger partial charge in [0, 0.05) is 54.6 Å². The molecular weight excluding hydrogens is 526 g/mol. The molecule has 8 nitrogen and oxygen atoms in total. The molecule has 4 rings (SSSR count). The summed E-state index contributed by atoms with van der Waals surface area (Å²) in [6.45, 7) is 12.9. The first-order chi connectivity index (χ1) is 18.7. The molecule has 1 unspecified atom stereocenters. The molecular formula is C31H49N3O5S. The molecule has 3 N–H and O–H groups in total. The van der Waals surface area contributed by atoms with E-state index in [4.69, 9.17) is 4.74 Å². The molecule has 1 atom stereocenters. The molecule has 0 bridgehead atoms. The van der Waals surface area contributed by atoms with Gasteiger partial charge < -0.3 is 20.1 Å². The van der Waals surface area contributed by atoms with Crippen LogP contribution in [0.15, 0.2) is 34.4 Å². The number of carbonyl (C=O) groups is 1. The Balaban J connectivity index is 1.69. The summed E-state index contributed by atoms with van der Waals surface area (Å²) in [5.41, 5.74) is 1.02. The zero-order valence-corrected chi connectivity index (χ0v) is 26.0. The number of allylic oxidation sites excluding steroid dienone is 1. The molecule has 1 aliphatic carbocycles. The van der Waals surface area contributed by atoms with Crippen molar-refractivity contribution in [1.29, 1.82) is 0 Å². The molecule has 40 heavy (non-hydrogen) atoms. The summed E-state index contributed by atoms with van der Waals surface area (Å²) in [6.07, 6.45) is 8.31. The highest BCUT2D eigenvalue weighted by Gasteiger charge is 2.37. The standard InChI is InChI=1S/C31H49N3O5S/c1-21-25(29(35)32-24-14-16-39-17-15-24)19-27(34(21)20-22-10-8-7-9-11-22)23-12-13-28(26(18-23)31(5,6)36)40(37,38)33-30(2,3)4/h12-13,18,22,24,27,33,36H,7-11,14-17,19-20H2,1-6H3,(H,32,35). The second-order valence-electron chi connectivity index (χ2n) is 13.5. The van der Waals surface area contributed by atoms with Crippen LogP contribution >= 0.6 is 0 Å². The van der Waals surface area contributed by atoms with Crippen molar-refractivity contribution in [1.82, 2.24) is 14.9 Å². The molecule has 0 spiro atoms. The van der Waals surface area contributed by atoms with E-state index in [1.54, 1.807) is 40.7 Å². The zero-order chi connectivity index (χ0) is 29.3. The fraction of sp³-hybridized carbons (Fsp3) is 0.710. The third kappa shape index (κ3) is 7.46. The highest BCUT2D eigenvalue weighted by molar-refractivity contribution is 7.89. The summed E-state index contributed by atoms with van der Waals surface area (Å²) >= 11 is 0. The van der Waals surface area contributed by atoms with Crippen LogP contribution in [0.3, 0.4) is 0 Å². The van der Waals surface area contributed by atoms with Crippen LogP contribution in [0.25, 0.3) is 0 Å². The Labute approximate surface area is 241 Å². The molecule has 224 valence electrons. The normalized spacial score (nSPS) is 22.2. The number of nitrogens with one attached hydrogen (secondary N) is 2. The molecule has 1 saturated heterocycles. The molecule has 2 fully saturated rings. The van der Waals surface area contributed by atoms with Crippen LogP contribution in [0.5, 0.6) is 0 Å². The van der Waals surface area contributed by atoms with Crippen molar-refractivity contribution < 1.29 is 23.1 Å². The zero-order valence-electron chi connectivity index (χ0n) is 25.2. The molecule has 1 amide bonds. The minimum absolute atomic E-state index is 0.0168. The van der Waals surface area contributed by atoms with E-state index in [9.17, 15) is 18.3 Å². The molecule has 2 heterocycles. The highest BCUT2D eigenvalue weighted by Crippen LogP contribution is 2.43. The van der Waals surface area contributed by atoms with E-state index >= 15 is 0 Å². The van der Waals surface area contributed by atoms with Crippen molar-refractivity contribution in [2.24, 2.45) is 5.92 Å². The highest BCUT2D eigenvalue weighted by atomic mass is 32.2.